The van der Waals surface area contributed by atoms with Gasteiger partial charge in [0.1, 0.15) is 11.2 Å². The molecule has 10 aromatic carbocycles. The van der Waals surface area contributed by atoms with Crippen molar-refractivity contribution in [3.05, 3.63) is 212 Å². The van der Waals surface area contributed by atoms with Crippen LogP contribution < -0.4 is 4.90 Å². The van der Waals surface area contributed by atoms with E-state index in [1.54, 1.807) is 0 Å². The van der Waals surface area contributed by atoms with E-state index in [4.69, 9.17) is 4.42 Å². The Labute approximate surface area is 345 Å². The number of rotatable bonds is 6. The first-order valence-electron chi connectivity index (χ1n) is 20.1. The molecule has 0 spiro atoms. The lowest BCUT2D eigenvalue weighted by Crippen LogP contribution is -2.11. The highest BCUT2D eigenvalue weighted by Crippen LogP contribution is 2.51. The monoisotopic (exact) mass is 769 g/mol. The molecule has 0 radical (unpaired) electrons. The highest BCUT2D eigenvalue weighted by atomic mass is 32.1. The molecule has 2 heterocycles. The topological polar surface area (TPSA) is 16.4 Å². The van der Waals surface area contributed by atoms with E-state index in [0.717, 1.165) is 50.1 Å². The van der Waals surface area contributed by atoms with Crippen LogP contribution in [0.1, 0.15) is 0 Å². The van der Waals surface area contributed by atoms with E-state index >= 15 is 0 Å². The van der Waals surface area contributed by atoms with Gasteiger partial charge < -0.3 is 9.32 Å². The highest BCUT2D eigenvalue weighted by molar-refractivity contribution is 7.26. The largest absolute Gasteiger partial charge is 0.456 e. The molecule has 0 atom stereocenters. The van der Waals surface area contributed by atoms with Gasteiger partial charge in [-0.15, -0.1) is 11.3 Å². The molecule has 276 valence electrons. The molecular weight excluding hydrogens is 735 g/mol. The molecule has 2 aromatic heterocycles. The summed E-state index contributed by atoms with van der Waals surface area (Å²) in [6, 6.07) is 77.0. The second-order valence-corrected chi connectivity index (χ2v) is 16.3. The Morgan fingerprint density at radius 2 is 1.00 bits per heavy atom. The van der Waals surface area contributed by atoms with Crippen molar-refractivity contribution >= 4 is 92.1 Å². The number of hydrogen-bond acceptors (Lipinski definition) is 3. The van der Waals surface area contributed by atoms with Gasteiger partial charge in [0.25, 0.3) is 0 Å². The van der Waals surface area contributed by atoms with Crippen molar-refractivity contribution in [2.45, 2.75) is 0 Å². The number of furan rings is 1. The third kappa shape index (κ3) is 5.55. The number of fused-ring (bicyclic) bond motifs is 9. The Morgan fingerprint density at radius 1 is 0.356 bits per heavy atom. The molecule has 12 rings (SSSR count). The first-order valence-corrected chi connectivity index (χ1v) is 20.9. The fraction of sp³-hybridized carbons (Fsp3) is 0. The van der Waals surface area contributed by atoms with Crippen molar-refractivity contribution in [3.8, 4) is 33.4 Å². The Balaban J connectivity index is 1.12. The first-order chi connectivity index (χ1) is 29.2. The Morgan fingerprint density at radius 3 is 1.83 bits per heavy atom. The zero-order valence-electron chi connectivity index (χ0n) is 32.0. The van der Waals surface area contributed by atoms with Crippen molar-refractivity contribution < 1.29 is 4.42 Å². The lowest BCUT2D eigenvalue weighted by atomic mass is 9.96. The minimum absolute atomic E-state index is 0.861. The second kappa shape index (κ2) is 13.6. The molecule has 0 aliphatic heterocycles. The molecule has 2 nitrogen and oxygen atoms in total. The number of thiophene rings is 1. The van der Waals surface area contributed by atoms with Crippen molar-refractivity contribution in [1.29, 1.82) is 0 Å². The van der Waals surface area contributed by atoms with E-state index in [1.807, 2.05) is 11.3 Å². The normalized spacial score (nSPS) is 11.7. The minimum atomic E-state index is 0.861. The number of para-hydroxylation sites is 1. The maximum absolute atomic E-state index is 6.71. The van der Waals surface area contributed by atoms with E-state index in [9.17, 15) is 0 Å². The molecule has 12 aromatic rings. The van der Waals surface area contributed by atoms with Crippen LogP contribution >= 0.6 is 11.3 Å². The smallest absolute Gasteiger partial charge is 0.138 e. The third-order valence-corrected chi connectivity index (χ3v) is 13.0. The van der Waals surface area contributed by atoms with Gasteiger partial charge in [-0.2, -0.15) is 0 Å². The average molecular weight is 770 g/mol. The van der Waals surface area contributed by atoms with Gasteiger partial charge in [-0.25, -0.2) is 0 Å². The summed E-state index contributed by atoms with van der Waals surface area (Å²) in [7, 11) is 0. The highest BCUT2D eigenvalue weighted by Gasteiger charge is 2.25. The quantitative estimate of drug-likeness (QED) is 0.157. The summed E-state index contributed by atoms with van der Waals surface area (Å²) in [6.45, 7) is 0. The Hall–Kier alpha value is -7.46. The molecule has 59 heavy (non-hydrogen) atoms. The minimum Gasteiger partial charge on any atom is -0.456 e. The summed E-state index contributed by atoms with van der Waals surface area (Å²) in [5.74, 6) is 0. The summed E-state index contributed by atoms with van der Waals surface area (Å²) >= 11 is 1.87. The van der Waals surface area contributed by atoms with E-state index in [1.165, 1.54) is 64.0 Å². The van der Waals surface area contributed by atoms with Crippen molar-refractivity contribution in [2.24, 2.45) is 0 Å². The van der Waals surface area contributed by atoms with Gasteiger partial charge in [0.2, 0.25) is 0 Å². The summed E-state index contributed by atoms with van der Waals surface area (Å²) in [6.07, 6.45) is 0. The maximum Gasteiger partial charge on any atom is 0.138 e. The van der Waals surface area contributed by atoms with Crippen LogP contribution in [0.4, 0.5) is 17.1 Å². The van der Waals surface area contributed by atoms with Crippen LogP contribution in [0, 0.1) is 0 Å². The van der Waals surface area contributed by atoms with Crippen molar-refractivity contribution in [3.63, 3.8) is 0 Å². The number of hydrogen-bond donors (Lipinski definition) is 0. The summed E-state index contributed by atoms with van der Waals surface area (Å²) in [5.41, 5.74) is 12.1. The molecule has 0 N–H and O–H groups in total. The summed E-state index contributed by atoms with van der Waals surface area (Å²) in [5, 5.41) is 9.73. The molecule has 0 saturated heterocycles. The van der Waals surface area contributed by atoms with Crippen LogP contribution in [-0.2, 0) is 0 Å². The molecular formula is C56H35NOS. The zero-order chi connectivity index (χ0) is 38.9. The number of anilines is 3. The van der Waals surface area contributed by atoms with Crippen molar-refractivity contribution in [2.75, 3.05) is 4.90 Å². The maximum atomic E-state index is 6.71. The molecule has 0 aliphatic carbocycles. The van der Waals surface area contributed by atoms with Crippen LogP contribution in [0.3, 0.4) is 0 Å². The predicted molar refractivity (Wildman–Crippen MR) is 253 cm³/mol. The van der Waals surface area contributed by atoms with E-state index in [-0.39, 0.29) is 0 Å². The van der Waals surface area contributed by atoms with Crippen LogP contribution in [0.5, 0.6) is 0 Å². The Bertz CT molecular complexity index is 3550. The summed E-state index contributed by atoms with van der Waals surface area (Å²) in [4.78, 5) is 2.48. The lowest BCUT2D eigenvalue weighted by molar-refractivity contribution is 0.669. The van der Waals surface area contributed by atoms with Gasteiger partial charge in [-0.05, 0) is 103 Å². The number of nitrogens with zero attached hydrogens (tertiary/aromatic N) is 1. The molecule has 0 amide bonds. The van der Waals surface area contributed by atoms with Crippen molar-refractivity contribution in [1.82, 2.24) is 0 Å². The average Bonchev–Trinajstić information content (AvgIpc) is 3.89. The van der Waals surface area contributed by atoms with E-state index in [2.05, 4.69) is 217 Å². The van der Waals surface area contributed by atoms with Crippen LogP contribution in [0.2, 0.25) is 0 Å². The standard InChI is InChI=1S/C56H35NOS/c1-3-13-36(14-4-1)42-34-50(54-47-19-9-11-21-51(47)58-52(54)35-42)57(49-32-31-46(38-15-5-2-6-16-38)56-55(49)48-20-10-12-22-53(48)59-56)43-28-25-37(26-29-43)40-27-30-45-41(33-40)24-23-39-17-7-8-18-44(39)45/h1-35H. The molecule has 0 unspecified atom stereocenters. The van der Waals surface area contributed by atoms with Gasteiger partial charge in [0.15, 0.2) is 0 Å². The van der Waals surface area contributed by atoms with Gasteiger partial charge in [-0.3, -0.25) is 0 Å². The fourth-order valence-corrected chi connectivity index (χ4v) is 10.3. The van der Waals surface area contributed by atoms with Gasteiger partial charge >= 0.3 is 0 Å². The van der Waals surface area contributed by atoms with E-state index in [0.29, 0.717) is 0 Å². The Kier molecular flexibility index (Phi) is 7.75. The second-order valence-electron chi connectivity index (χ2n) is 15.2. The SMILES string of the molecule is c1ccc(-c2cc(N(c3ccc(-c4ccc5c(ccc6ccccc65)c4)cc3)c3ccc(-c4ccccc4)c4sc5ccccc5c34)c3c(c2)oc2ccccc23)cc1. The first kappa shape index (κ1) is 33.7. The van der Waals surface area contributed by atoms with Gasteiger partial charge in [0.05, 0.1) is 16.8 Å². The van der Waals surface area contributed by atoms with Crippen LogP contribution in [0.25, 0.3) is 97.0 Å². The molecule has 0 bridgehead atoms. The molecule has 3 heteroatoms. The van der Waals surface area contributed by atoms with Crippen LogP contribution in [0.15, 0.2) is 217 Å². The zero-order valence-corrected chi connectivity index (χ0v) is 32.8. The van der Waals surface area contributed by atoms with Gasteiger partial charge in [0, 0.05) is 31.2 Å². The molecule has 0 aliphatic rings. The predicted octanol–water partition coefficient (Wildman–Crippen LogP) is 16.7. The third-order valence-electron chi connectivity index (χ3n) is 11.8. The molecule has 0 saturated carbocycles. The van der Waals surface area contributed by atoms with Gasteiger partial charge in [-0.1, -0.05) is 164 Å². The number of benzene rings is 10. The molecule has 0 fully saturated rings. The fourth-order valence-electron chi connectivity index (χ4n) is 9.05. The summed E-state index contributed by atoms with van der Waals surface area (Å²) < 4.78 is 9.25. The van der Waals surface area contributed by atoms with E-state index < -0.39 is 0 Å². The van der Waals surface area contributed by atoms with Crippen LogP contribution in [-0.4, -0.2) is 0 Å². The lowest BCUT2D eigenvalue weighted by Gasteiger charge is -2.28.